The molecule has 0 bridgehead atoms. The molecule has 1 heterocycles. The number of hydrogen-bond donors (Lipinski definition) is 2. The lowest BCUT2D eigenvalue weighted by atomic mass is 10.1. The zero-order valence-corrected chi connectivity index (χ0v) is 16.2. The number of benzene rings is 1. The van der Waals surface area contributed by atoms with Crippen LogP contribution in [0.1, 0.15) is 30.9 Å². The third-order valence-electron chi connectivity index (χ3n) is 3.67. The molecule has 2 N–H and O–H groups in total. The van der Waals surface area contributed by atoms with E-state index in [-0.39, 0.29) is 24.0 Å². The second-order valence-electron chi connectivity index (χ2n) is 5.49. The Bertz CT molecular complexity index is 547. The fourth-order valence-electron chi connectivity index (χ4n) is 2.40. The molecule has 0 aliphatic carbocycles. The molecule has 4 nitrogen and oxygen atoms in total. The standard InChI is InChI=1S/C16H22N4S.HI/c1-16(7-4-8-21-16)12-20-15(18-2)19-11-14-6-3-5-13(9-14)10-17;/h3,5-6,9H,4,7-8,11-12H2,1-2H3,(H2,18,19,20);1H. The molecular weight excluding hydrogens is 407 g/mol. The van der Waals surface area contributed by atoms with Crippen molar-refractivity contribution in [3.05, 3.63) is 35.4 Å². The van der Waals surface area contributed by atoms with Gasteiger partial charge in [0.05, 0.1) is 11.6 Å². The number of hydrogen-bond acceptors (Lipinski definition) is 3. The zero-order valence-electron chi connectivity index (χ0n) is 13.1. The van der Waals surface area contributed by atoms with E-state index in [1.54, 1.807) is 7.05 Å². The van der Waals surface area contributed by atoms with Crippen molar-refractivity contribution in [2.45, 2.75) is 31.1 Å². The van der Waals surface area contributed by atoms with Crippen LogP contribution >= 0.6 is 35.7 Å². The molecule has 1 unspecified atom stereocenters. The van der Waals surface area contributed by atoms with Crippen LogP contribution in [0.5, 0.6) is 0 Å². The maximum Gasteiger partial charge on any atom is 0.191 e. The van der Waals surface area contributed by atoms with E-state index in [9.17, 15) is 0 Å². The summed E-state index contributed by atoms with van der Waals surface area (Å²) in [6.07, 6.45) is 2.56. The van der Waals surface area contributed by atoms with E-state index in [1.807, 2.05) is 36.0 Å². The molecule has 1 aromatic rings. The average molecular weight is 430 g/mol. The third kappa shape index (κ3) is 5.69. The molecule has 0 amide bonds. The van der Waals surface area contributed by atoms with E-state index >= 15 is 0 Å². The predicted octanol–water partition coefficient (Wildman–Crippen LogP) is 3.13. The summed E-state index contributed by atoms with van der Waals surface area (Å²) < 4.78 is 0.318. The summed E-state index contributed by atoms with van der Waals surface area (Å²) in [5.41, 5.74) is 1.77. The van der Waals surface area contributed by atoms with Crippen LogP contribution in [0, 0.1) is 11.3 Å². The number of nitrogens with one attached hydrogen (secondary N) is 2. The number of nitrogens with zero attached hydrogens (tertiary/aromatic N) is 2. The lowest BCUT2D eigenvalue weighted by Gasteiger charge is -2.24. The van der Waals surface area contributed by atoms with Gasteiger partial charge in [-0.25, -0.2) is 0 Å². The molecule has 1 aliphatic heterocycles. The Morgan fingerprint density at radius 2 is 2.27 bits per heavy atom. The molecule has 1 fully saturated rings. The predicted molar refractivity (Wildman–Crippen MR) is 105 cm³/mol. The second-order valence-corrected chi connectivity index (χ2v) is 7.18. The first-order valence-electron chi connectivity index (χ1n) is 7.23. The highest BCUT2D eigenvalue weighted by Gasteiger charge is 2.29. The molecule has 6 heteroatoms. The van der Waals surface area contributed by atoms with Crippen molar-refractivity contribution < 1.29 is 0 Å². The minimum Gasteiger partial charge on any atom is -0.355 e. The van der Waals surface area contributed by atoms with E-state index in [4.69, 9.17) is 5.26 Å². The molecule has 2 rings (SSSR count). The first-order chi connectivity index (χ1) is 10.1. The van der Waals surface area contributed by atoms with Gasteiger partial charge in [-0.1, -0.05) is 12.1 Å². The van der Waals surface area contributed by atoms with Crippen LogP contribution in [-0.4, -0.2) is 30.1 Å². The molecule has 0 aromatic heterocycles. The van der Waals surface area contributed by atoms with Crippen molar-refractivity contribution in [2.24, 2.45) is 4.99 Å². The highest BCUT2D eigenvalue weighted by Crippen LogP contribution is 2.36. The summed E-state index contributed by atoms with van der Waals surface area (Å²) in [4.78, 5) is 4.26. The fourth-order valence-corrected chi connectivity index (χ4v) is 3.65. The first kappa shape index (κ1) is 19.1. The van der Waals surface area contributed by atoms with E-state index in [2.05, 4.69) is 28.6 Å². The van der Waals surface area contributed by atoms with Crippen molar-refractivity contribution in [3.63, 3.8) is 0 Å². The van der Waals surface area contributed by atoms with Gasteiger partial charge in [0.1, 0.15) is 0 Å². The molecule has 0 saturated carbocycles. The number of halogens is 1. The fraction of sp³-hybridized carbons (Fsp3) is 0.500. The lowest BCUT2D eigenvalue weighted by molar-refractivity contribution is 0.584. The number of guanidine groups is 1. The Morgan fingerprint density at radius 3 is 2.91 bits per heavy atom. The lowest BCUT2D eigenvalue weighted by Crippen LogP contribution is -2.43. The minimum absolute atomic E-state index is 0. The van der Waals surface area contributed by atoms with E-state index < -0.39 is 0 Å². The minimum atomic E-state index is 0. The van der Waals surface area contributed by atoms with Crippen molar-refractivity contribution in [3.8, 4) is 6.07 Å². The number of nitriles is 1. The van der Waals surface area contributed by atoms with Gasteiger partial charge < -0.3 is 10.6 Å². The van der Waals surface area contributed by atoms with Gasteiger partial charge in [-0.3, -0.25) is 4.99 Å². The molecule has 22 heavy (non-hydrogen) atoms. The number of thioether (sulfide) groups is 1. The van der Waals surface area contributed by atoms with Gasteiger partial charge in [-0.15, -0.1) is 24.0 Å². The summed E-state index contributed by atoms with van der Waals surface area (Å²) in [6.45, 7) is 3.90. The van der Waals surface area contributed by atoms with Crippen LogP contribution in [0.4, 0.5) is 0 Å². The number of aliphatic imine (C=N–C) groups is 1. The highest BCUT2D eigenvalue weighted by atomic mass is 127. The largest absolute Gasteiger partial charge is 0.355 e. The Labute approximate surface area is 154 Å². The van der Waals surface area contributed by atoms with Gasteiger partial charge in [0.2, 0.25) is 0 Å². The van der Waals surface area contributed by atoms with Gasteiger partial charge in [0.15, 0.2) is 5.96 Å². The van der Waals surface area contributed by atoms with E-state index in [0.717, 1.165) is 18.1 Å². The smallest absolute Gasteiger partial charge is 0.191 e. The Hall–Kier alpha value is -0.940. The van der Waals surface area contributed by atoms with Crippen molar-refractivity contribution >= 4 is 41.7 Å². The van der Waals surface area contributed by atoms with Crippen LogP contribution in [0.3, 0.4) is 0 Å². The second kappa shape index (κ2) is 9.26. The average Bonchev–Trinajstić information content (AvgIpc) is 2.95. The van der Waals surface area contributed by atoms with Gasteiger partial charge >= 0.3 is 0 Å². The van der Waals surface area contributed by atoms with Gasteiger partial charge in [0.25, 0.3) is 0 Å². The molecule has 1 aliphatic rings. The molecular formula is C16H23IN4S. The highest BCUT2D eigenvalue weighted by molar-refractivity contribution is 14.0. The Kier molecular flexibility index (Phi) is 8.04. The summed E-state index contributed by atoms with van der Waals surface area (Å²) in [5.74, 6) is 2.07. The van der Waals surface area contributed by atoms with Crippen LogP contribution in [-0.2, 0) is 6.54 Å². The summed E-state index contributed by atoms with van der Waals surface area (Å²) in [5, 5.41) is 15.6. The van der Waals surface area contributed by atoms with Crippen LogP contribution in [0.15, 0.2) is 29.3 Å². The first-order valence-corrected chi connectivity index (χ1v) is 8.21. The molecule has 1 saturated heterocycles. The van der Waals surface area contributed by atoms with Crippen molar-refractivity contribution in [1.29, 1.82) is 5.26 Å². The summed E-state index contributed by atoms with van der Waals surface area (Å²) in [7, 11) is 1.78. The van der Waals surface area contributed by atoms with Crippen LogP contribution in [0.25, 0.3) is 0 Å². The molecule has 0 spiro atoms. The molecule has 1 atom stereocenters. The quantitative estimate of drug-likeness (QED) is 0.438. The third-order valence-corrected chi connectivity index (χ3v) is 5.21. The van der Waals surface area contributed by atoms with Crippen molar-refractivity contribution in [1.82, 2.24) is 10.6 Å². The zero-order chi connectivity index (χ0) is 15.1. The van der Waals surface area contributed by atoms with E-state index in [0.29, 0.717) is 16.9 Å². The van der Waals surface area contributed by atoms with Gasteiger partial charge in [-0.05, 0) is 43.2 Å². The maximum absolute atomic E-state index is 8.91. The Morgan fingerprint density at radius 1 is 1.45 bits per heavy atom. The summed E-state index contributed by atoms with van der Waals surface area (Å²) >= 11 is 2.04. The van der Waals surface area contributed by atoms with E-state index in [1.165, 1.54) is 18.6 Å². The van der Waals surface area contributed by atoms with Crippen molar-refractivity contribution in [2.75, 3.05) is 19.3 Å². The maximum atomic E-state index is 8.91. The normalized spacial score (nSPS) is 20.9. The number of rotatable bonds is 4. The SMILES string of the molecule is CN=C(NCc1cccc(C#N)c1)NCC1(C)CCCS1.I. The molecule has 120 valence electrons. The topological polar surface area (TPSA) is 60.2 Å². The Balaban J connectivity index is 0.00000242. The van der Waals surface area contributed by atoms with Crippen LogP contribution < -0.4 is 10.6 Å². The molecule has 1 aromatic carbocycles. The monoisotopic (exact) mass is 430 g/mol. The van der Waals surface area contributed by atoms with Gasteiger partial charge in [-0.2, -0.15) is 17.0 Å². The van der Waals surface area contributed by atoms with Crippen LogP contribution in [0.2, 0.25) is 0 Å². The van der Waals surface area contributed by atoms with Gasteiger partial charge in [0, 0.05) is 24.9 Å². The molecule has 0 radical (unpaired) electrons. The summed E-state index contributed by atoms with van der Waals surface area (Å²) in [6, 6.07) is 9.79.